The van der Waals surface area contributed by atoms with Crippen LogP contribution in [0.1, 0.15) is 0 Å². The fourth-order valence-electron chi connectivity index (χ4n) is 0. The first-order valence-corrected chi connectivity index (χ1v) is 2.68. The molecule has 0 saturated heterocycles. The Morgan fingerprint density at radius 1 is 0.857 bits per heavy atom. The molecule has 0 spiro atoms. The summed E-state index contributed by atoms with van der Waals surface area (Å²) in [6.07, 6.45) is 0. The predicted molar refractivity (Wildman–Crippen MR) is 23.2 cm³/mol. The molecule has 0 aliphatic heterocycles. The molecule has 7 heavy (non-hydrogen) atoms. The molecule has 40 valence electrons. The largest absolute Gasteiger partial charge is 0 e. The van der Waals surface area contributed by atoms with E-state index in [2.05, 4.69) is 0 Å². The second-order valence-electron chi connectivity index (χ2n) is 0.600. The van der Waals surface area contributed by atoms with Crippen molar-refractivity contribution in [1.29, 1.82) is 0 Å². The maximum atomic E-state index is 7.33. The van der Waals surface area contributed by atoms with Crippen LogP contribution in [-0.4, -0.2) is 73.7 Å². The van der Waals surface area contributed by atoms with E-state index in [-0.39, 0.29) is 71.7 Å². The Labute approximate surface area is 98.1 Å². The maximum absolute atomic E-state index is 7.33. The first-order chi connectivity index (χ1) is 2.00. The van der Waals surface area contributed by atoms with Gasteiger partial charge in [0, 0.05) is 26.2 Å². The Morgan fingerprint density at radius 3 is 0.857 bits per heavy atom. The van der Waals surface area contributed by atoms with Gasteiger partial charge in [-0.25, -0.2) is 0 Å². The molecule has 0 radical (unpaired) electrons. The van der Waals surface area contributed by atoms with Gasteiger partial charge >= 0.3 is 54.5 Å². The van der Waals surface area contributed by atoms with E-state index in [1.54, 1.807) is 0 Å². The van der Waals surface area contributed by atoms with Gasteiger partial charge in [-0.05, 0) is 0 Å². The molecule has 0 aromatic heterocycles. The molecule has 4 N–H and O–H groups in total. The van der Waals surface area contributed by atoms with Gasteiger partial charge in [-0.15, -0.1) is 0 Å². The zero-order valence-corrected chi connectivity index (χ0v) is 6.25. The van der Waals surface area contributed by atoms with Crippen LogP contribution < -0.4 is 0 Å². The Balaban J connectivity index is -0.0000000800. The van der Waals surface area contributed by atoms with Gasteiger partial charge < -0.3 is 19.2 Å². The second-order valence-corrected chi connectivity index (χ2v) is 1.80. The van der Waals surface area contributed by atoms with Gasteiger partial charge in [-0.2, -0.15) is 0 Å². The Morgan fingerprint density at radius 2 is 0.857 bits per heavy atom. The van der Waals surface area contributed by atoms with Crippen molar-refractivity contribution in [2.45, 2.75) is 0 Å². The number of rotatable bonds is 0. The van der Waals surface area contributed by atoms with Crippen LogP contribution in [0.2, 0.25) is 0 Å². The first kappa shape index (κ1) is 16.2. The summed E-state index contributed by atoms with van der Waals surface area (Å²) in [5.41, 5.74) is 0. The summed E-state index contributed by atoms with van der Waals surface area (Å²) in [5.74, 6) is 0. The molecule has 0 aliphatic rings. The average molecular weight is 277 g/mol. The third-order valence-corrected chi connectivity index (χ3v) is 0. The summed E-state index contributed by atoms with van der Waals surface area (Å²) in [6, 6.07) is 0. The molecule has 4 nitrogen and oxygen atoms in total. The molecule has 0 atom stereocenters. The topological polar surface area (TPSA) is 80.9 Å². The molecule has 0 unspecified atom stereocenters. The van der Waals surface area contributed by atoms with Crippen molar-refractivity contribution in [1.82, 2.24) is 0 Å². The van der Waals surface area contributed by atoms with E-state index in [4.69, 9.17) is 19.2 Å². The van der Waals surface area contributed by atoms with Crippen molar-refractivity contribution in [2.75, 3.05) is 0 Å². The van der Waals surface area contributed by atoms with Gasteiger partial charge in [0.15, 0.2) is 0 Å². The van der Waals surface area contributed by atoms with Crippen molar-refractivity contribution in [2.24, 2.45) is 0 Å². The van der Waals surface area contributed by atoms with Gasteiger partial charge in [-0.3, -0.25) is 0 Å². The first-order valence-electron chi connectivity index (χ1n) is 0.894. The molecule has 0 aromatic carbocycles. The van der Waals surface area contributed by atoms with Gasteiger partial charge in [-0.1, -0.05) is 0 Å². The molecule has 0 bridgehead atoms. The Hall–Kier alpha value is 2.42. The van der Waals surface area contributed by atoms with Crippen molar-refractivity contribution >= 4 is 54.5 Å². The van der Waals surface area contributed by atoms with Crippen molar-refractivity contribution < 1.29 is 45.4 Å². The zero-order chi connectivity index (χ0) is 4.50. The fraction of sp³-hybridized carbons (Fsp3) is 0. The van der Waals surface area contributed by atoms with Crippen LogP contribution in [-0.2, 0) is 26.2 Å². The number of hydrogen-bond acceptors (Lipinski definition) is 4. The summed E-state index contributed by atoms with van der Waals surface area (Å²) in [4.78, 5) is 29.3. The third-order valence-electron chi connectivity index (χ3n) is 0. The molecular weight excluding hydrogens is 271 g/mol. The van der Waals surface area contributed by atoms with E-state index in [1.807, 2.05) is 0 Å². The minimum absolute atomic E-state index is 0. The average Bonchev–Trinajstić information content (AvgIpc) is 0.722. The number of hydrogen-bond donors (Lipinski definition) is 4. The van der Waals surface area contributed by atoms with Crippen molar-refractivity contribution in [3.8, 4) is 0 Å². The molecular formula is H6O4SiSrZr. The molecule has 0 fully saturated rings. The SMILES string of the molecule is O[Si](O)(O)O.[SrH2].[Zr]. The van der Waals surface area contributed by atoms with Crippen LogP contribution in [0.25, 0.3) is 0 Å². The van der Waals surface area contributed by atoms with Crippen LogP contribution in [0, 0.1) is 0 Å². The Bertz CT molecular complexity index is 27.2. The smallest absolute Gasteiger partial charge is 0 e. The van der Waals surface area contributed by atoms with E-state index in [1.165, 1.54) is 0 Å². The fourth-order valence-corrected chi connectivity index (χ4v) is 0. The van der Waals surface area contributed by atoms with Gasteiger partial charge in [0.05, 0.1) is 0 Å². The van der Waals surface area contributed by atoms with Crippen LogP contribution in [0.5, 0.6) is 0 Å². The van der Waals surface area contributed by atoms with Crippen LogP contribution in [0.4, 0.5) is 0 Å². The molecule has 0 amide bonds. The summed E-state index contributed by atoms with van der Waals surface area (Å²) in [6.45, 7) is 0. The predicted octanol–water partition coefficient (Wildman–Crippen LogP) is -3.53. The minimum atomic E-state index is -4.61. The minimum Gasteiger partial charge on any atom is 0 e. The summed E-state index contributed by atoms with van der Waals surface area (Å²) >= 11 is 0. The zero-order valence-electron chi connectivity index (χ0n) is 2.79. The quantitative estimate of drug-likeness (QED) is 0.346. The van der Waals surface area contributed by atoms with E-state index in [0.717, 1.165) is 0 Å². The molecule has 0 rings (SSSR count). The van der Waals surface area contributed by atoms with Gasteiger partial charge in [0.1, 0.15) is 0 Å². The standard InChI is InChI=1S/H4O4Si.Sr.Zr.2H/c1-5(2,3)4;;;;/h1-4H;;;;. The Kier molecular flexibility index (Phi) is 15.1. The monoisotopic (exact) mass is 276 g/mol. The normalized spacial score (nSPS) is 8.57. The van der Waals surface area contributed by atoms with Crippen LogP contribution in [0.3, 0.4) is 0 Å². The van der Waals surface area contributed by atoms with Crippen molar-refractivity contribution in [3.05, 3.63) is 0 Å². The summed E-state index contributed by atoms with van der Waals surface area (Å²) < 4.78 is 0. The van der Waals surface area contributed by atoms with Gasteiger partial charge in [0.25, 0.3) is 0 Å². The van der Waals surface area contributed by atoms with E-state index in [9.17, 15) is 0 Å². The maximum Gasteiger partial charge on any atom is 0 e. The van der Waals surface area contributed by atoms with Crippen molar-refractivity contribution in [3.63, 3.8) is 0 Å². The van der Waals surface area contributed by atoms with E-state index in [0.29, 0.717) is 0 Å². The molecule has 0 heterocycles. The molecule has 0 aliphatic carbocycles. The molecule has 0 saturated carbocycles. The third kappa shape index (κ3) is 59.2. The van der Waals surface area contributed by atoms with Gasteiger partial charge in [0.2, 0.25) is 0 Å². The molecule has 0 aromatic rings. The molecule has 7 heteroatoms. The van der Waals surface area contributed by atoms with E-state index >= 15 is 0 Å². The van der Waals surface area contributed by atoms with E-state index < -0.39 is 9.05 Å². The second kappa shape index (κ2) is 6.54. The summed E-state index contributed by atoms with van der Waals surface area (Å²) in [5, 5.41) is 0. The van der Waals surface area contributed by atoms with Crippen LogP contribution >= 0.6 is 0 Å². The van der Waals surface area contributed by atoms with Crippen LogP contribution in [0.15, 0.2) is 0 Å². The summed E-state index contributed by atoms with van der Waals surface area (Å²) in [7, 11) is -4.61.